The van der Waals surface area contributed by atoms with Crippen LogP contribution in [0.3, 0.4) is 0 Å². The van der Waals surface area contributed by atoms with E-state index in [0.717, 1.165) is 47.0 Å². The van der Waals surface area contributed by atoms with Crippen molar-refractivity contribution in [1.29, 1.82) is 0 Å². The van der Waals surface area contributed by atoms with Crippen molar-refractivity contribution >= 4 is 23.4 Å². The zero-order valence-electron chi connectivity index (χ0n) is 23.5. The van der Waals surface area contributed by atoms with Gasteiger partial charge in [-0.3, -0.25) is 9.67 Å². The number of rotatable bonds is 6. The summed E-state index contributed by atoms with van der Waals surface area (Å²) in [4.78, 5) is 30.0. The van der Waals surface area contributed by atoms with E-state index < -0.39 is 5.60 Å². The van der Waals surface area contributed by atoms with E-state index in [9.17, 15) is 4.79 Å². The molecule has 1 amide bonds. The molecule has 0 aliphatic carbocycles. The minimum atomic E-state index is -0.491. The van der Waals surface area contributed by atoms with E-state index in [4.69, 9.17) is 19.6 Å². The van der Waals surface area contributed by atoms with Crippen LogP contribution in [0.2, 0.25) is 0 Å². The Balaban J connectivity index is 0.00000353. The number of benzene rings is 1. The lowest BCUT2D eigenvalue weighted by atomic mass is 10.1. The molecule has 0 radical (unpaired) electrons. The third kappa shape index (κ3) is 6.14. The van der Waals surface area contributed by atoms with E-state index in [2.05, 4.69) is 32.3 Å². The maximum atomic E-state index is 12.4. The lowest BCUT2D eigenvalue weighted by Gasteiger charge is -2.36. The van der Waals surface area contributed by atoms with Crippen molar-refractivity contribution < 1.29 is 15.7 Å². The molecule has 2 fully saturated rings. The van der Waals surface area contributed by atoms with Crippen LogP contribution in [0.1, 0.15) is 28.2 Å². The Morgan fingerprint density at radius 3 is 2.49 bits per heavy atom. The fourth-order valence-electron chi connectivity index (χ4n) is 4.79. The van der Waals surface area contributed by atoms with Gasteiger partial charge in [-0.05, 0) is 63.2 Å². The molecule has 0 spiro atoms. The Morgan fingerprint density at radius 1 is 1.05 bits per heavy atom. The van der Waals surface area contributed by atoms with E-state index in [-0.39, 0.29) is 13.6 Å². The minimum Gasteiger partial charge on any atom is -0.444 e. The van der Waals surface area contributed by atoms with E-state index in [0.29, 0.717) is 32.3 Å². The molecular formula is C30H36N8O3. The summed E-state index contributed by atoms with van der Waals surface area (Å²) in [5.41, 5.74) is 4.93. The number of nitrogens with one attached hydrogen (secondary N) is 1. The SMILES string of the molecule is CC(C)(C)OC(=O)N1CCN(c2ccc(Nc3nccc(-c4cn(C5COC5)nc4-c4cccnc4)n3)cc2)CC1.[HH]. The van der Waals surface area contributed by atoms with Gasteiger partial charge in [0.25, 0.3) is 0 Å². The molecule has 1 N–H and O–H groups in total. The van der Waals surface area contributed by atoms with Crippen LogP contribution in [0.5, 0.6) is 0 Å². The van der Waals surface area contributed by atoms with E-state index in [1.165, 1.54) is 0 Å². The van der Waals surface area contributed by atoms with Gasteiger partial charge in [-0.15, -0.1) is 0 Å². The number of pyridine rings is 1. The molecule has 41 heavy (non-hydrogen) atoms. The first-order valence-electron chi connectivity index (χ1n) is 13.8. The number of anilines is 3. The monoisotopic (exact) mass is 556 g/mol. The Kier molecular flexibility index (Phi) is 7.27. The summed E-state index contributed by atoms with van der Waals surface area (Å²) < 4.78 is 12.9. The Hall–Kier alpha value is -4.51. The molecule has 6 rings (SSSR count). The summed E-state index contributed by atoms with van der Waals surface area (Å²) in [6.45, 7) is 9.71. The number of carbonyl (C=O) groups is 1. The summed E-state index contributed by atoms with van der Waals surface area (Å²) in [5, 5.41) is 8.19. The molecule has 0 bridgehead atoms. The van der Waals surface area contributed by atoms with Gasteiger partial charge in [0.2, 0.25) is 5.95 Å². The molecule has 0 atom stereocenters. The third-order valence-corrected chi connectivity index (χ3v) is 7.01. The highest BCUT2D eigenvalue weighted by Gasteiger charge is 2.26. The summed E-state index contributed by atoms with van der Waals surface area (Å²) in [7, 11) is 0. The number of nitrogens with zero attached hydrogens (tertiary/aromatic N) is 7. The first-order chi connectivity index (χ1) is 19.8. The first kappa shape index (κ1) is 26.7. The number of hydrogen-bond acceptors (Lipinski definition) is 9. The number of aromatic nitrogens is 5. The lowest BCUT2D eigenvalue weighted by Crippen LogP contribution is -2.50. The van der Waals surface area contributed by atoms with E-state index in [1.54, 1.807) is 17.3 Å². The second kappa shape index (κ2) is 11.2. The van der Waals surface area contributed by atoms with Crippen molar-refractivity contribution in [1.82, 2.24) is 29.6 Å². The van der Waals surface area contributed by atoms with Gasteiger partial charge in [0.1, 0.15) is 11.3 Å². The average molecular weight is 557 g/mol. The number of ether oxygens (including phenoxy) is 2. The van der Waals surface area contributed by atoms with Crippen molar-refractivity contribution in [3.8, 4) is 22.5 Å². The van der Waals surface area contributed by atoms with Crippen molar-refractivity contribution in [3.05, 3.63) is 67.3 Å². The Labute approximate surface area is 240 Å². The highest BCUT2D eigenvalue weighted by Crippen LogP contribution is 2.32. The molecule has 5 heterocycles. The second-order valence-corrected chi connectivity index (χ2v) is 11.2. The average Bonchev–Trinajstić information content (AvgIpc) is 3.37. The maximum absolute atomic E-state index is 12.4. The fourth-order valence-corrected chi connectivity index (χ4v) is 4.79. The van der Waals surface area contributed by atoms with Gasteiger partial charge in [-0.25, -0.2) is 14.8 Å². The van der Waals surface area contributed by atoms with Gasteiger partial charge >= 0.3 is 6.09 Å². The predicted molar refractivity (Wildman–Crippen MR) is 158 cm³/mol. The van der Waals surface area contributed by atoms with Crippen LogP contribution in [0.25, 0.3) is 22.5 Å². The Morgan fingerprint density at radius 2 is 1.83 bits per heavy atom. The van der Waals surface area contributed by atoms with Gasteiger partial charge in [0, 0.05) is 74.9 Å². The smallest absolute Gasteiger partial charge is 0.410 e. The standard InChI is InChI=1S/C30H34N8O3.H2/c1-30(2,3)41-29(39)37-15-13-36(14-16-37)23-8-6-22(7-9-23)33-28-32-12-10-26(34-28)25-18-38(24-19-40-20-24)35-27(25)21-5-4-11-31-17-21;/h4-12,17-18,24H,13-16,19-20H2,1-3H3,(H,32,33,34);1H. The van der Waals surface area contributed by atoms with Crippen LogP contribution in [-0.4, -0.2) is 80.7 Å². The summed E-state index contributed by atoms with van der Waals surface area (Å²) in [6, 6.07) is 14.2. The largest absolute Gasteiger partial charge is 0.444 e. The molecule has 11 nitrogen and oxygen atoms in total. The summed E-state index contributed by atoms with van der Waals surface area (Å²) >= 11 is 0. The molecule has 11 heteroatoms. The number of carbonyl (C=O) groups excluding carboxylic acids is 1. The third-order valence-electron chi connectivity index (χ3n) is 7.01. The first-order valence-corrected chi connectivity index (χ1v) is 13.8. The van der Waals surface area contributed by atoms with Crippen LogP contribution >= 0.6 is 0 Å². The maximum Gasteiger partial charge on any atom is 0.410 e. The second-order valence-electron chi connectivity index (χ2n) is 11.2. The summed E-state index contributed by atoms with van der Waals surface area (Å²) in [5.74, 6) is 0.498. The molecule has 3 aromatic heterocycles. The van der Waals surface area contributed by atoms with Gasteiger partial charge in [-0.1, -0.05) is 0 Å². The van der Waals surface area contributed by atoms with E-state index >= 15 is 0 Å². The lowest BCUT2D eigenvalue weighted by molar-refractivity contribution is -0.0285. The predicted octanol–water partition coefficient (Wildman–Crippen LogP) is 5.02. The minimum absolute atomic E-state index is 0. The molecule has 214 valence electrons. The van der Waals surface area contributed by atoms with Crippen LogP contribution in [0.4, 0.5) is 22.1 Å². The molecule has 0 saturated carbocycles. The number of hydrogen-bond donors (Lipinski definition) is 1. The molecule has 1 aromatic carbocycles. The van der Waals surface area contributed by atoms with Gasteiger partial charge in [0.05, 0.1) is 24.9 Å². The zero-order chi connectivity index (χ0) is 28.4. The van der Waals surface area contributed by atoms with Crippen LogP contribution < -0.4 is 10.2 Å². The number of piperazine rings is 1. The quantitative estimate of drug-likeness (QED) is 0.350. The normalized spacial score (nSPS) is 15.9. The Bertz CT molecular complexity index is 1500. The van der Waals surface area contributed by atoms with Crippen molar-refractivity contribution in [3.63, 3.8) is 0 Å². The van der Waals surface area contributed by atoms with Gasteiger partial charge < -0.3 is 24.6 Å². The molecule has 0 unspecified atom stereocenters. The zero-order valence-corrected chi connectivity index (χ0v) is 23.5. The molecule has 2 aliphatic heterocycles. The van der Waals surface area contributed by atoms with Gasteiger partial charge in [0.15, 0.2) is 0 Å². The molecular weight excluding hydrogens is 520 g/mol. The summed E-state index contributed by atoms with van der Waals surface area (Å²) in [6.07, 6.45) is 7.09. The number of amides is 1. The molecule has 2 aliphatic rings. The highest BCUT2D eigenvalue weighted by atomic mass is 16.6. The topological polar surface area (TPSA) is 111 Å². The molecule has 4 aromatic rings. The highest BCUT2D eigenvalue weighted by molar-refractivity contribution is 5.78. The van der Waals surface area contributed by atoms with E-state index in [1.807, 2.05) is 68.2 Å². The fraction of sp³-hybridized carbons (Fsp3) is 0.367. The van der Waals surface area contributed by atoms with Crippen LogP contribution in [0, 0.1) is 0 Å². The van der Waals surface area contributed by atoms with Gasteiger partial charge in [-0.2, -0.15) is 5.10 Å². The van der Waals surface area contributed by atoms with Crippen LogP contribution in [0.15, 0.2) is 67.3 Å². The van der Waals surface area contributed by atoms with Crippen molar-refractivity contribution in [2.24, 2.45) is 0 Å². The van der Waals surface area contributed by atoms with Crippen molar-refractivity contribution in [2.45, 2.75) is 32.4 Å². The van der Waals surface area contributed by atoms with Crippen LogP contribution in [-0.2, 0) is 9.47 Å². The van der Waals surface area contributed by atoms with Crippen molar-refractivity contribution in [2.75, 3.05) is 49.6 Å². The molecule has 2 saturated heterocycles.